The molecule has 5 heteroatoms. The van der Waals surface area contributed by atoms with Crippen molar-refractivity contribution in [3.8, 4) is 0 Å². The van der Waals surface area contributed by atoms with Crippen LogP contribution in [0.15, 0.2) is 29.2 Å². The number of carboxylic acid groups (broad SMARTS) is 1. The lowest BCUT2D eigenvalue weighted by Gasteiger charge is -2.14. The van der Waals surface area contributed by atoms with E-state index in [2.05, 4.69) is 0 Å². The van der Waals surface area contributed by atoms with Crippen LogP contribution < -0.4 is 0 Å². The SMILES string of the molecule is CSc1ccccc1C(F)(F)C(=O)O. The Morgan fingerprint density at radius 2 is 2.00 bits per heavy atom. The first-order valence-corrected chi connectivity index (χ1v) is 4.97. The van der Waals surface area contributed by atoms with E-state index >= 15 is 0 Å². The Bertz CT molecular complexity index is 352. The van der Waals surface area contributed by atoms with Gasteiger partial charge in [-0.15, -0.1) is 11.8 Å². The molecule has 76 valence electrons. The van der Waals surface area contributed by atoms with Crippen molar-refractivity contribution in [2.75, 3.05) is 6.26 Å². The molecule has 1 aromatic carbocycles. The van der Waals surface area contributed by atoms with Crippen LogP contribution in [0.4, 0.5) is 8.78 Å². The van der Waals surface area contributed by atoms with Gasteiger partial charge in [0.15, 0.2) is 0 Å². The number of aliphatic carboxylic acids is 1. The van der Waals surface area contributed by atoms with Crippen LogP contribution in [-0.4, -0.2) is 17.3 Å². The highest BCUT2D eigenvalue weighted by Gasteiger charge is 2.42. The number of thioether (sulfide) groups is 1. The number of carboxylic acids is 1. The minimum atomic E-state index is -3.82. The van der Waals surface area contributed by atoms with E-state index in [-0.39, 0.29) is 4.90 Å². The van der Waals surface area contributed by atoms with Gasteiger partial charge in [-0.05, 0) is 12.3 Å². The predicted molar refractivity (Wildman–Crippen MR) is 49.8 cm³/mol. The molecule has 0 saturated carbocycles. The third-order valence-electron chi connectivity index (χ3n) is 1.71. The zero-order chi connectivity index (χ0) is 10.8. The first kappa shape index (κ1) is 11.0. The van der Waals surface area contributed by atoms with Gasteiger partial charge in [-0.25, -0.2) is 4.79 Å². The third-order valence-corrected chi connectivity index (χ3v) is 2.51. The van der Waals surface area contributed by atoms with Crippen molar-refractivity contribution < 1.29 is 18.7 Å². The largest absolute Gasteiger partial charge is 0.477 e. The van der Waals surface area contributed by atoms with Crippen molar-refractivity contribution in [2.45, 2.75) is 10.8 Å². The van der Waals surface area contributed by atoms with Crippen LogP contribution in [0.3, 0.4) is 0 Å². The summed E-state index contributed by atoms with van der Waals surface area (Å²) in [4.78, 5) is 10.6. The third kappa shape index (κ3) is 1.87. The van der Waals surface area contributed by atoms with Gasteiger partial charge in [-0.2, -0.15) is 8.78 Å². The molecular weight excluding hydrogens is 210 g/mol. The first-order chi connectivity index (χ1) is 6.50. The summed E-state index contributed by atoms with van der Waals surface area (Å²) in [6.07, 6.45) is 1.62. The lowest BCUT2D eigenvalue weighted by atomic mass is 10.1. The van der Waals surface area contributed by atoms with E-state index in [1.54, 1.807) is 12.3 Å². The smallest absolute Gasteiger partial charge is 0.379 e. The molecule has 0 fully saturated rings. The molecule has 14 heavy (non-hydrogen) atoms. The fourth-order valence-corrected chi connectivity index (χ4v) is 1.65. The number of alkyl halides is 2. The molecular formula is C9H8F2O2S. The molecule has 0 atom stereocenters. The number of halogens is 2. The topological polar surface area (TPSA) is 37.3 Å². The average Bonchev–Trinajstić information content (AvgIpc) is 2.17. The van der Waals surface area contributed by atoms with Gasteiger partial charge < -0.3 is 5.11 Å². The molecule has 1 aromatic rings. The van der Waals surface area contributed by atoms with Gasteiger partial charge in [-0.1, -0.05) is 18.2 Å². The van der Waals surface area contributed by atoms with Gasteiger partial charge in [0, 0.05) is 10.5 Å². The minimum absolute atomic E-state index is 0.278. The lowest BCUT2D eigenvalue weighted by molar-refractivity contribution is -0.166. The molecule has 0 spiro atoms. The van der Waals surface area contributed by atoms with Gasteiger partial charge in [0.05, 0.1) is 0 Å². The molecule has 0 aromatic heterocycles. The maximum atomic E-state index is 13.1. The summed E-state index contributed by atoms with van der Waals surface area (Å²) in [6.45, 7) is 0. The van der Waals surface area contributed by atoms with E-state index in [1.807, 2.05) is 0 Å². The zero-order valence-electron chi connectivity index (χ0n) is 7.33. The molecule has 2 nitrogen and oxygen atoms in total. The van der Waals surface area contributed by atoms with Crippen LogP contribution in [0, 0.1) is 0 Å². The Morgan fingerprint density at radius 3 is 2.50 bits per heavy atom. The van der Waals surface area contributed by atoms with Gasteiger partial charge in [0.1, 0.15) is 0 Å². The van der Waals surface area contributed by atoms with Crippen molar-refractivity contribution >= 4 is 17.7 Å². The number of hydrogen-bond acceptors (Lipinski definition) is 2. The molecule has 1 N–H and O–H groups in total. The molecule has 0 radical (unpaired) electrons. The second-order valence-corrected chi connectivity index (χ2v) is 3.43. The van der Waals surface area contributed by atoms with Crippen molar-refractivity contribution in [3.63, 3.8) is 0 Å². The lowest BCUT2D eigenvalue weighted by Crippen LogP contribution is -2.25. The van der Waals surface area contributed by atoms with Crippen LogP contribution in [0.25, 0.3) is 0 Å². The van der Waals surface area contributed by atoms with Crippen molar-refractivity contribution in [2.24, 2.45) is 0 Å². The maximum Gasteiger partial charge on any atom is 0.379 e. The second-order valence-electron chi connectivity index (χ2n) is 2.58. The Kier molecular flexibility index (Phi) is 3.10. The summed E-state index contributed by atoms with van der Waals surface area (Å²) in [6, 6.07) is 5.58. The first-order valence-electron chi connectivity index (χ1n) is 3.75. The summed E-state index contributed by atoms with van der Waals surface area (Å²) in [7, 11) is 0. The molecule has 0 unspecified atom stereocenters. The predicted octanol–water partition coefficient (Wildman–Crippen LogP) is 2.58. The normalized spacial score (nSPS) is 11.4. The molecule has 0 aliphatic carbocycles. The van der Waals surface area contributed by atoms with Crippen molar-refractivity contribution in [1.29, 1.82) is 0 Å². The monoisotopic (exact) mass is 218 g/mol. The number of benzene rings is 1. The van der Waals surface area contributed by atoms with E-state index in [9.17, 15) is 13.6 Å². The Hall–Kier alpha value is -1.10. The molecule has 0 saturated heterocycles. The molecule has 0 aliphatic heterocycles. The second kappa shape index (κ2) is 3.96. The minimum Gasteiger partial charge on any atom is -0.477 e. The van der Waals surface area contributed by atoms with Crippen LogP contribution in [0.2, 0.25) is 0 Å². The summed E-state index contributed by atoms with van der Waals surface area (Å²) in [5.74, 6) is -5.95. The maximum absolute atomic E-state index is 13.1. The van der Waals surface area contributed by atoms with E-state index in [0.29, 0.717) is 0 Å². The highest BCUT2D eigenvalue weighted by molar-refractivity contribution is 7.98. The average molecular weight is 218 g/mol. The Labute approximate surface area is 83.9 Å². The van der Waals surface area contributed by atoms with Gasteiger partial charge in [0.25, 0.3) is 0 Å². The summed E-state index contributed by atoms with van der Waals surface area (Å²) >= 11 is 1.10. The number of hydrogen-bond donors (Lipinski definition) is 1. The summed E-state index contributed by atoms with van der Waals surface area (Å²) < 4.78 is 26.2. The van der Waals surface area contributed by atoms with Gasteiger partial charge in [-0.3, -0.25) is 0 Å². The van der Waals surface area contributed by atoms with Crippen LogP contribution in [0.5, 0.6) is 0 Å². The van der Waals surface area contributed by atoms with Gasteiger partial charge in [0.2, 0.25) is 0 Å². The standard InChI is InChI=1S/C9H8F2O2S/c1-14-7-5-3-2-4-6(7)9(10,11)8(12)13/h2-5H,1H3,(H,12,13). The highest BCUT2D eigenvalue weighted by Crippen LogP contribution is 2.34. The van der Waals surface area contributed by atoms with Crippen molar-refractivity contribution in [3.05, 3.63) is 29.8 Å². The Morgan fingerprint density at radius 1 is 1.43 bits per heavy atom. The highest BCUT2D eigenvalue weighted by atomic mass is 32.2. The van der Waals surface area contributed by atoms with Gasteiger partial charge >= 0.3 is 11.9 Å². The number of carbonyl (C=O) groups is 1. The van der Waals surface area contributed by atoms with Crippen LogP contribution >= 0.6 is 11.8 Å². The molecule has 0 aliphatic rings. The molecule has 1 rings (SSSR count). The summed E-state index contributed by atoms with van der Waals surface area (Å²) in [5.41, 5.74) is -0.458. The van der Waals surface area contributed by atoms with Crippen LogP contribution in [-0.2, 0) is 10.7 Å². The van der Waals surface area contributed by atoms with E-state index < -0.39 is 17.5 Å². The zero-order valence-corrected chi connectivity index (χ0v) is 8.15. The molecule has 0 heterocycles. The fourth-order valence-electron chi connectivity index (χ4n) is 1.02. The van der Waals surface area contributed by atoms with Crippen LogP contribution in [0.1, 0.15) is 5.56 Å². The number of rotatable bonds is 3. The Balaban J connectivity index is 3.24. The fraction of sp³-hybridized carbons (Fsp3) is 0.222. The molecule has 0 amide bonds. The van der Waals surface area contributed by atoms with Crippen molar-refractivity contribution in [1.82, 2.24) is 0 Å². The summed E-state index contributed by atoms with van der Waals surface area (Å²) in [5, 5.41) is 8.36. The van der Waals surface area contributed by atoms with E-state index in [4.69, 9.17) is 5.11 Å². The molecule has 0 bridgehead atoms. The quantitative estimate of drug-likeness (QED) is 0.792. The van der Waals surface area contributed by atoms with E-state index in [0.717, 1.165) is 17.8 Å². The van der Waals surface area contributed by atoms with E-state index in [1.165, 1.54) is 12.1 Å².